The van der Waals surface area contributed by atoms with E-state index in [2.05, 4.69) is 16.4 Å². The molecule has 5 rings (SSSR count). The number of aliphatic hydroxyl groups excluding tert-OH is 1. The Morgan fingerprint density at radius 3 is 2.42 bits per heavy atom. The summed E-state index contributed by atoms with van der Waals surface area (Å²) < 4.78 is 52.9. The monoisotopic (exact) mass is 454 g/mol. The Kier molecular flexibility index (Phi) is 5.32. The first-order chi connectivity index (χ1) is 15.9. The first-order valence-electron chi connectivity index (χ1n) is 10.7. The molecular weight excluding hydrogens is 433 g/mol. The number of benzene rings is 2. The molecule has 0 aliphatic heterocycles. The highest BCUT2D eigenvalue weighted by atomic mass is 19.4. The van der Waals surface area contributed by atoms with Gasteiger partial charge in [0.15, 0.2) is 17.2 Å². The summed E-state index contributed by atoms with van der Waals surface area (Å²) in [5.41, 5.74) is 3.07. The van der Waals surface area contributed by atoms with Gasteiger partial charge >= 0.3 is 6.18 Å². The molecule has 1 aliphatic carbocycles. The Morgan fingerprint density at radius 1 is 0.970 bits per heavy atom. The van der Waals surface area contributed by atoms with Crippen LogP contribution in [0.25, 0.3) is 34.0 Å². The highest BCUT2D eigenvalue weighted by Crippen LogP contribution is 2.46. The second-order valence-electron chi connectivity index (χ2n) is 8.42. The van der Waals surface area contributed by atoms with Crippen LogP contribution in [0.1, 0.15) is 29.2 Å². The maximum atomic E-state index is 14.1. The molecule has 0 radical (unpaired) electrons. The number of aryl methyl sites for hydroxylation is 1. The summed E-state index contributed by atoms with van der Waals surface area (Å²) in [6.07, 6.45) is -2.82. The molecule has 0 spiro atoms. The zero-order chi connectivity index (χ0) is 23.2. The highest BCUT2D eigenvalue weighted by Gasteiger charge is 2.43. The Morgan fingerprint density at radius 2 is 1.70 bits per heavy atom. The lowest BCUT2D eigenvalue weighted by Gasteiger charge is -2.17. The minimum atomic E-state index is -4.69. The van der Waals surface area contributed by atoms with Crippen molar-refractivity contribution in [2.75, 3.05) is 6.61 Å². The lowest BCUT2D eigenvalue weighted by Crippen LogP contribution is -2.09. The fraction of sp³-hybridized carbons (Fsp3) is 0.280. The Hall–Kier alpha value is -3.39. The fourth-order valence-electron chi connectivity index (χ4n) is 4.37. The molecule has 170 valence electrons. The number of rotatable bonds is 5. The van der Waals surface area contributed by atoms with Crippen LogP contribution in [-0.4, -0.2) is 22.0 Å². The van der Waals surface area contributed by atoms with E-state index >= 15 is 0 Å². The second kappa shape index (κ2) is 8.19. The van der Waals surface area contributed by atoms with Gasteiger partial charge in [0.1, 0.15) is 11.3 Å². The van der Waals surface area contributed by atoms with Gasteiger partial charge in [0.05, 0.1) is 0 Å². The van der Waals surface area contributed by atoms with Crippen molar-refractivity contribution in [3.63, 3.8) is 0 Å². The van der Waals surface area contributed by atoms with Gasteiger partial charge < -0.3 is 14.2 Å². The molecule has 0 saturated carbocycles. The number of nitrogens with zero attached hydrogens (tertiary/aromatic N) is 2. The number of fused-ring (bicyclic) bond motifs is 3. The predicted molar refractivity (Wildman–Crippen MR) is 115 cm³/mol. The first kappa shape index (κ1) is 21.5. The molecule has 0 saturated heterocycles. The average molecular weight is 454 g/mol. The lowest BCUT2D eigenvalue weighted by atomic mass is 9.86. The number of halogens is 3. The maximum Gasteiger partial charge on any atom is 0.422 e. The summed E-state index contributed by atoms with van der Waals surface area (Å²) in [6, 6.07) is 14.0. The summed E-state index contributed by atoms with van der Waals surface area (Å²) in [6.45, 7) is 2.08. The number of hydrogen-bond acceptors (Lipinski definition) is 5. The van der Waals surface area contributed by atoms with Crippen molar-refractivity contribution in [1.82, 2.24) is 10.3 Å². The van der Waals surface area contributed by atoms with E-state index < -0.39 is 11.7 Å². The van der Waals surface area contributed by atoms with Crippen molar-refractivity contribution in [2.24, 2.45) is 5.92 Å². The topological polar surface area (TPSA) is 72.3 Å². The summed E-state index contributed by atoms with van der Waals surface area (Å²) >= 11 is 0. The van der Waals surface area contributed by atoms with Crippen LogP contribution < -0.4 is 0 Å². The SMILES string of the molecule is CC(CO)Cc1ccc2c(c1)CCc1c-2noc1-c1noc(-c2ccccc2)c1C(F)(F)F. The van der Waals surface area contributed by atoms with Crippen LogP contribution in [0.5, 0.6) is 0 Å². The smallest absolute Gasteiger partial charge is 0.396 e. The molecule has 2 heterocycles. The normalized spacial score (nSPS) is 14.1. The van der Waals surface area contributed by atoms with Crippen molar-refractivity contribution < 1.29 is 27.3 Å². The van der Waals surface area contributed by atoms with Crippen molar-refractivity contribution in [3.8, 4) is 34.0 Å². The van der Waals surface area contributed by atoms with Gasteiger partial charge in [-0.2, -0.15) is 13.2 Å². The fourth-order valence-corrected chi connectivity index (χ4v) is 4.37. The minimum absolute atomic E-state index is 0.00751. The Labute approximate surface area is 187 Å². The summed E-state index contributed by atoms with van der Waals surface area (Å²) in [5.74, 6) is -0.207. The third-order valence-electron chi connectivity index (χ3n) is 5.98. The Balaban J connectivity index is 1.58. The molecule has 1 atom stereocenters. The van der Waals surface area contributed by atoms with Crippen molar-refractivity contribution in [1.29, 1.82) is 0 Å². The molecule has 2 aromatic heterocycles. The maximum absolute atomic E-state index is 14.1. The van der Waals surface area contributed by atoms with Crippen molar-refractivity contribution in [2.45, 2.75) is 32.4 Å². The van der Waals surface area contributed by atoms with E-state index in [1.807, 2.05) is 19.1 Å². The quantitative estimate of drug-likeness (QED) is 0.403. The van der Waals surface area contributed by atoms with Crippen molar-refractivity contribution >= 4 is 0 Å². The zero-order valence-electron chi connectivity index (χ0n) is 17.8. The van der Waals surface area contributed by atoms with E-state index in [1.54, 1.807) is 30.3 Å². The average Bonchev–Trinajstić information content (AvgIpc) is 3.43. The molecule has 8 heteroatoms. The van der Waals surface area contributed by atoms with E-state index in [4.69, 9.17) is 9.05 Å². The predicted octanol–water partition coefficient (Wildman–Crippen LogP) is 5.95. The number of aromatic nitrogens is 2. The van der Waals surface area contributed by atoms with E-state index in [0.29, 0.717) is 24.1 Å². The third kappa shape index (κ3) is 3.84. The third-order valence-corrected chi connectivity index (χ3v) is 5.98. The molecule has 0 fully saturated rings. The van der Waals surface area contributed by atoms with Gasteiger partial charge in [-0.05, 0) is 36.3 Å². The second-order valence-corrected chi connectivity index (χ2v) is 8.42. The van der Waals surface area contributed by atoms with Crippen LogP contribution in [0.15, 0.2) is 57.6 Å². The zero-order valence-corrected chi connectivity index (χ0v) is 17.8. The van der Waals surface area contributed by atoms with Gasteiger partial charge in [0, 0.05) is 23.3 Å². The Bertz CT molecular complexity index is 1290. The van der Waals surface area contributed by atoms with Gasteiger partial charge in [-0.15, -0.1) is 0 Å². The molecule has 4 aromatic rings. The highest BCUT2D eigenvalue weighted by molar-refractivity contribution is 5.79. The molecule has 1 N–H and O–H groups in total. The van der Waals surface area contributed by atoms with Crippen LogP contribution in [-0.2, 0) is 25.4 Å². The van der Waals surface area contributed by atoms with Gasteiger partial charge in [0.25, 0.3) is 0 Å². The summed E-state index contributed by atoms with van der Waals surface area (Å²) in [4.78, 5) is 0. The molecule has 2 aromatic carbocycles. The standard InChI is InChI=1S/C25H21F3N2O3/c1-14(13-31)11-15-7-9-18-17(12-15)8-10-19-21(18)29-33-24(19)22-20(25(26,27)28)23(32-30-22)16-5-3-2-4-6-16/h2-7,9,12,14,31H,8,10-11,13H2,1H3. The lowest BCUT2D eigenvalue weighted by molar-refractivity contribution is -0.136. The van der Waals surface area contributed by atoms with Crippen LogP contribution >= 0.6 is 0 Å². The summed E-state index contributed by atoms with van der Waals surface area (Å²) in [5, 5.41) is 17.2. The van der Waals surface area contributed by atoms with Gasteiger partial charge in [-0.1, -0.05) is 65.8 Å². The summed E-state index contributed by atoms with van der Waals surface area (Å²) in [7, 11) is 0. The van der Waals surface area contributed by atoms with Crippen LogP contribution in [0.2, 0.25) is 0 Å². The molecule has 1 unspecified atom stereocenters. The first-order valence-corrected chi connectivity index (χ1v) is 10.7. The van der Waals surface area contributed by atoms with E-state index in [1.165, 1.54) is 0 Å². The van der Waals surface area contributed by atoms with Crippen LogP contribution in [0.3, 0.4) is 0 Å². The minimum Gasteiger partial charge on any atom is -0.396 e. The van der Waals surface area contributed by atoms with Gasteiger partial charge in [0.2, 0.25) is 0 Å². The molecule has 5 nitrogen and oxygen atoms in total. The molecule has 0 bridgehead atoms. The number of aliphatic hydroxyl groups is 1. The van der Waals surface area contributed by atoms with Gasteiger partial charge in [-0.25, -0.2) is 0 Å². The molecular formula is C25H21F3N2O3. The van der Waals surface area contributed by atoms with Gasteiger partial charge in [-0.3, -0.25) is 0 Å². The number of alkyl halides is 3. The molecule has 33 heavy (non-hydrogen) atoms. The number of hydrogen-bond donors (Lipinski definition) is 1. The van der Waals surface area contributed by atoms with E-state index in [9.17, 15) is 18.3 Å². The largest absolute Gasteiger partial charge is 0.422 e. The van der Waals surface area contributed by atoms with Crippen LogP contribution in [0.4, 0.5) is 13.2 Å². The van der Waals surface area contributed by atoms with E-state index in [0.717, 1.165) is 23.1 Å². The molecule has 0 amide bonds. The van der Waals surface area contributed by atoms with Crippen LogP contribution in [0, 0.1) is 5.92 Å². The van der Waals surface area contributed by atoms with Crippen molar-refractivity contribution in [3.05, 3.63) is 70.8 Å². The van der Waals surface area contributed by atoms with E-state index in [-0.39, 0.29) is 35.3 Å². The molecule has 1 aliphatic rings.